The van der Waals surface area contributed by atoms with Crippen molar-refractivity contribution in [1.82, 2.24) is 9.71 Å². The number of nitrogens with zero attached hydrogens (tertiary/aromatic N) is 1. The van der Waals surface area contributed by atoms with Crippen molar-refractivity contribution < 1.29 is 8.42 Å². The fourth-order valence-electron chi connectivity index (χ4n) is 1.63. The molecule has 1 aromatic heterocycles. The molecule has 1 N–H and O–H groups in total. The van der Waals surface area contributed by atoms with Crippen molar-refractivity contribution in [3.63, 3.8) is 0 Å². The van der Waals surface area contributed by atoms with Crippen LogP contribution in [0.25, 0.3) is 6.08 Å². The smallest absolute Gasteiger partial charge is 0.240 e. The van der Waals surface area contributed by atoms with Crippen LogP contribution in [0.15, 0.2) is 59.8 Å². The number of hydrogen-bond donors (Lipinski definition) is 1. The number of nitrogens with one attached hydrogen (secondary N) is 1. The van der Waals surface area contributed by atoms with Crippen LogP contribution >= 0.6 is 0 Å². The molecule has 0 bridgehead atoms. The minimum Gasteiger partial charge on any atom is -0.264 e. The third-order valence-corrected chi connectivity index (χ3v) is 4.16. The summed E-state index contributed by atoms with van der Waals surface area (Å²) in [6, 6.07) is 10.5. The Morgan fingerprint density at radius 1 is 1.20 bits per heavy atom. The van der Waals surface area contributed by atoms with Crippen molar-refractivity contribution in [2.24, 2.45) is 0 Å². The second-order valence-corrected chi connectivity index (χ2v) is 6.12. The summed E-state index contributed by atoms with van der Waals surface area (Å²) in [4.78, 5) is 4.25. The molecule has 20 heavy (non-hydrogen) atoms. The minimum absolute atomic E-state index is 0.241. The molecule has 1 aromatic carbocycles. The fourth-order valence-corrected chi connectivity index (χ4v) is 2.60. The molecule has 0 aliphatic rings. The van der Waals surface area contributed by atoms with Gasteiger partial charge >= 0.3 is 0 Å². The first-order chi connectivity index (χ1) is 9.58. The number of aromatic nitrogens is 1. The maximum atomic E-state index is 12.0. The monoisotopic (exact) mass is 288 g/mol. The van der Waals surface area contributed by atoms with Crippen molar-refractivity contribution in [1.29, 1.82) is 0 Å². The van der Waals surface area contributed by atoms with E-state index < -0.39 is 10.0 Å². The number of hydrogen-bond acceptors (Lipinski definition) is 3. The molecule has 0 aliphatic heterocycles. The molecule has 2 rings (SSSR count). The number of sulfonamides is 1. The van der Waals surface area contributed by atoms with Crippen LogP contribution in [0.3, 0.4) is 0 Å². The first-order valence-electron chi connectivity index (χ1n) is 6.21. The number of benzene rings is 1. The van der Waals surface area contributed by atoms with Gasteiger partial charge in [-0.1, -0.05) is 35.9 Å². The Morgan fingerprint density at radius 2 is 1.95 bits per heavy atom. The predicted molar refractivity (Wildman–Crippen MR) is 79.6 cm³/mol. The molecule has 0 saturated carbocycles. The lowest BCUT2D eigenvalue weighted by atomic mass is 10.2. The van der Waals surface area contributed by atoms with Crippen LogP contribution in [0.2, 0.25) is 0 Å². The van der Waals surface area contributed by atoms with Gasteiger partial charge in [-0.2, -0.15) is 0 Å². The maximum absolute atomic E-state index is 12.0. The zero-order valence-corrected chi connectivity index (χ0v) is 12.0. The largest absolute Gasteiger partial charge is 0.264 e. The van der Waals surface area contributed by atoms with Crippen molar-refractivity contribution in [2.75, 3.05) is 6.54 Å². The summed E-state index contributed by atoms with van der Waals surface area (Å²) >= 11 is 0. The number of pyridine rings is 1. The van der Waals surface area contributed by atoms with E-state index in [0.29, 0.717) is 0 Å². The van der Waals surface area contributed by atoms with Gasteiger partial charge in [0.15, 0.2) is 0 Å². The average molecular weight is 288 g/mol. The van der Waals surface area contributed by atoms with Crippen LogP contribution in [-0.2, 0) is 10.0 Å². The molecule has 104 valence electrons. The Balaban J connectivity index is 1.96. The highest BCUT2D eigenvalue weighted by Gasteiger charge is 2.11. The van der Waals surface area contributed by atoms with Crippen molar-refractivity contribution in [3.8, 4) is 0 Å². The highest BCUT2D eigenvalue weighted by Crippen LogP contribution is 2.09. The molecule has 0 unspecified atom stereocenters. The molecule has 0 saturated heterocycles. The zero-order valence-electron chi connectivity index (χ0n) is 11.2. The number of aryl methyl sites for hydroxylation is 1. The average Bonchev–Trinajstić information content (AvgIpc) is 2.45. The number of rotatable bonds is 5. The Morgan fingerprint density at radius 3 is 2.60 bits per heavy atom. The van der Waals surface area contributed by atoms with Crippen LogP contribution < -0.4 is 4.72 Å². The Hall–Kier alpha value is -1.98. The highest BCUT2D eigenvalue weighted by molar-refractivity contribution is 7.89. The summed E-state index contributed by atoms with van der Waals surface area (Å²) in [5.74, 6) is 0. The topological polar surface area (TPSA) is 59.1 Å². The van der Waals surface area contributed by atoms with Crippen LogP contribution in [-0.4, -0.2) is 19.9 Å². The summed E-state index contributed by atoms with van der Waals surface area (Å²) < 4.78 is 26.5. The summed E-state index contributed by atoms with van der Waals surface area (Å²) in [5.41, 5.74) is 1.96. The highest BCUT2D eigenvalue weighted by atomic mass is 32.2. The van der Waals surface area contributed by atoms with Gasteiger partial charge in [-0.3, -0.25) is 4.98 Å². The lowest BCUT2D eigenvalue weighted by Gasteiger charge is -2.04. The summed E-state index contributed by atoms with van der Waals surface area (Å²) in [6.45, 7) is 2.16. The van der Waals surface area contributed by atoms with Crippen molar-refractivity contribution in [3.05, 3.63) is 66.0 Å². The van der Waals surface area contributed by atoms with E-state index in [1.54, 1.807) is 42.7 Å². The zero-order chi connectivity index (χ0) is 14.4. The summed E-state index contributed by atoms with van der Waals surface area (Å²) in [7, 11) is -3.45. The minimum atomic E-state index is -3.45. The second-order valence-electron chi connectivity index (χ2n) is 4.35. The van der Waals surface area contributed by atoms with Crippen molar-refractivity contribution in [2.45, 2.75) is 11.8 Å². The summed E-state index contributed by atoms with van der Waals surface area (Å²) in [5, 5.41) is 0. The van der Waals surface area contributed by atoms with Gasteiger partial charge in [-0.05, 0) is 30.7 Å². The van der Waals surface area contributed by atoms with Gasteiger partial charge in [-0.15, -0.1) is 0 Å². The van der Waals surface area contributed by atoms with E-state index in [4.69, 9.17) is 0 Å². The standard InChI is InChI=1S/C15H16N2O2S/c1-13-6-8-15(9-7-13)20(18,19)17-11-3-5-14-4-2-10-16-12-14/h2-10,12,17H,11H2,1H3/b5-3+. The molecule has 0 aliphatic carbocycles. The van der Waals surface area contributed by atoms with Crippen LogP contribution in [0.1, 0.15) is 11.1 Å². The molecule has 5 heteroatoms. The van der Waals surface area contributed by atoms with Crippen molar-refractivity contribution >= 4 is 16.1 Å². The molecule has 4 nitrogen and oxygen atoms in total. The van der Waals surface area contributed by atoms with E-state index in [9.17, 15) is 8.42 Å². The molecule has 2 aromatic rings. The Labute approximate surface area is 119 Å². The molecule has 0 amide bonds. The third-order valence-electron chi connectivity index (χ3n) is 2.72. The lowest BCUT2D eigenvalue weighted by Crippen LogP contribution is -2.23. The Kier molecular flexibility index (Phi) is 4.65. The van der Waals surface area contributed by atoms with Gasteiger partial charge in [0, 0.05) is 18.9 Å². The molecular formula is C15H16N2O2S. The van der Waals surface area contributed by atoms with E-state index in [-0.39, 0.29) is 11.4 Å². The fraction of sp³-hybridized carbons (Fsp3) is 0.133. The molecule has 0 fully saturated rings. The first-order valence-corrected chi connectivity index (χ1v) is 7.69. The van der Waals surface area contributed by atoms with E-state index in [1.165, 1.54) is 0 Å². The van der Waals surface area contributed by atoms with Gasteiger partial charge in [-0.25, -0.2) is 13.1 Å². The van der Waals surface area contributed by atoms with E-state index in [1.807, 2.05) is 25.1 Å². The molecule has 0 spiro atoms. The van der Waals surface area contributed by atoms with E-state index in [2.05, 4.69) is 9.71 Å². The van der Waals surface area contributed by atoms with Crippen LogP contribution in [0, 0.1) is 6.92 Å². The molecule has 1 heterocycles. The van der Waals surface area contributed by atoms with Crippen LogP contribution in [0.5, 0.6) is 0 Å². The third kappa shape index (κ3) is 4.01. The molecule has 0 radical (unpaired) electrons. The maximum Gasteiger partial charge on any atom is 0.240 e. The molecule has 0 atom stereocenters. The Bertz CT molecular complexity index is 678. The quantitative estimate of drug-likeness (QED) is 0.919. The van der Waals surface area contributed by atoms with Gasteiger partial charge in [0.1, 0.15) is 0 Å². The SMILES string of the molecule is Cc1ccc(S(=O)(=O)NC/C=C/c2cccnc2)cc1. The normalized spacial score (nSPS) is 11.8. The first kappa shape index (κ1) is 14.4. The van der Waals surface area contributed by atoms with Gasteiger partial charge in [0.2, 0.25) is 10.0 Å². The van der Waals surface area contributed by atoms with E-state index >= 15 is 0 Å². The predicted octanol–water partition coefficient (Wildman–Crippen LogP) is 2.38. The van der Waals surface area contributed by atoms with Gasteiger partial charge < -0.3 is 0 Å². The lowest BCUT2D eigenvalue weighted by molar-refractivity contribution is 0.585. The molecular weight excluding hydrogens is 272 g/mol. The second kappa shape index (κ2) is 6.45. The van der Waals surface area contributed by atoms with Gasteiger partial charge in [0.25, 0.3) is 0 Å². The van der Waals surface area contributed by atoms with E-state index in [0.717, 1.165) is 11.1 Å². The van der Waals surface area contributed by atoms with Gasteiger partial charge in [0.05, 0.1) is 4.90 Å². The summed E-state index contributed by atoms with van der Waals surface area (Å²) in [6.07, 6.45) is 6.98. The van der Waals surface area contributed by atoms with Crippen LogP contribution in [0.4, 0.5) is 0 Å².